The molecule has 1 aliphatic heterocycles. The fraction of sp³-hybridized carbons (Fsp3) is 0.462. The van der Waals surface area contributed by atoms with Crippen molar-refractivity contribution in [3.63, 3.8) is 0 Å². The van der Waals surface area contributed by atoms with E-state index in [0.29, 0.717) is 29.4 Å². The number of furan rings is 1. The molecule has 0 radical (unpaired) electrons. The molecule has 5 rings (SSSR count). The van der Waals surface area contributed by atoms with Gasteiger partial charge >= 0.3 is 0 Å². The third kappa shape index (κ3) is 4.05. The molecule has 1 atom stereocenters. The number of nitrogens with zero attached hydrogens (tertiary/aromatic N) is 2. The molecule has 2 amide bonds. The predicted molar refractivity (Wildman–Crippen MR) is 128 cm³/mol. The highest BCUT2D eigenvalue weighted by Gasteiger charge is 2.48. The maximum atomic E-state index is 13.8. The third-order valence-electron chi connectivity index (χ3n) is 7.15. The number of benzene rings is 1. The lowest BCUT2D eigenvalue weighted by Gasteiger charge is -2.44. The summed E-state index contributed by atoms with van der Waals surface area (Å²) in [6.07, 6.45) is 6.67. The number of aryl methyl sites for hydroxylation is 1. The Morgan fingerprint density at radius 2 is 1.94 bits per heavy atom. The van der Waals surface area contributed by atoms with Gasteiger partial charge in [0.1, 0.15) is 17.0 Å². The first-order valence-electron chi connectivity index (χ1n) is 11.8. The minimum atomic E-state index is -1.05. The molecule has 3 heterocycles. The van der Waals surface area contributed by atoms with Gasteiger partial charge in [0, 0.05) is 29.7 Å². The van der Waals surface area contributed by atoms with Crippen molar-refractivity contribution in [3.8, 4) is 0 Å². The van der Waals surface area contributed by atoms with Gasteiger partial charge in [-0.25, -0.2) is 0 Å². The van der Waals surface area contributed by atoms with Crippen molar-refractivity contribution in [1.29, 1.82) is 0 Å². The molecule has 1 aliphatic carbocycles. The van der Waals surface area contributed by atoms with Crippen LogP contribution in [0.1, 0.15) is 67.3 Å². The Kier molecular flexibility index (Phi) is 5.73. The number of nitrogens with one attached hydrogen (secondary N) is 1. The summed E-state index contributed by atoms with van der Waals surface area (Å²) in [6, 6.07) is 11.3. The summed E-state index contributed by atoms with van der Waals surface area (Å²) in [6.45, 7) is 4.44. The van der Waals surface area contributed by atoms with Crippen molar-refractivity contribution in [2.75, 3.05) is 0 Å². The van der Waals surface area contributed by atoms with Crippen LogP contribution in [0.15, 0.2) is 40.8 Å². The number of hydrogen-bond acceptors (Lipinski definition) is 3. The van der Waals surface area contributed by atoms with Gasteiger partial charge in [0.05, 0.1) is 12.1 Å². The molecule has 1 saturated carbocycles. The second-order valence-electron chi connectivity index (χ2n) is 9.68. The number of aromatic nitrogens is 1. The van der Waals surface area contributed by atoms with Gasteiger partial charge in [-0.2, -0.15) is 0 Å². The minimum Gasteiger partial charge on any atom is -0.460 e. The maximum Gasteiger partial charge on any atom is 0.271 e. The smallest absolute Gasteiger partial charge is 0.271 e. The molecular formula is C26H30ClN3O3. The first-order valence-corrected chi connectivity index (χ1v) is 12.2. The van der Waals surface area contributed by atoms with Crippen LogP contribution in [0.25, 0.3) is 11.1 Å². The lowest BCUT2D eigenvalue weighted by Crippen LogP contribution is -2.64. The molecule has 33 heavy (non-hydrogen) atoms. The first kappa shape index (κ1) is 22.1. The van der Waals surface area contributed by atoms with Crippen molar-refractivity contribution in [2.45, 2.75) is 77.0 Å². The molecule has 1 fully saturated rings. The molecule has 6 nitrogen and oxygen atoms in total. The van der Waals surface area contributed by atoms with E-state index in [1.165, 1.54) is 12.8 Å². The van der Waals surface area contributed by atoms with E-state index < -0.39 is 5.54 Å². The lowest BCUT2D eigenvalue weighted by molar-refractivity contribution is -0.134. The number of fused-ring (bicyclic) bond motifs is 3. The van der Waals surface area contributed by atoms with Crippen molar-refractivity contribution in [1.82, 2.24) is 14.8 Å². The first-order chi connectivity index (χ1) is 15.8. The van der Waals surface area contributed by atoms with Crippen molar-refractivity contribution < 1.29 is 14.0 Å². The Morgan fingerprint density at radius 3 is 2.67 bits per heavy atom. The number of carbonyl (C=O) groups is 2. The van der Waals surface area contributed by atoms with E-state index in [1.807, 2.05) is 48.7 Å². The summed E-state index contributed by atoms with van der Waals surface area (Å²) in [5.41, 5.74) is 1.92. The normalized spacial score (nSPS) is 21.8. The van der Waals surface area contributed by atoms with Crippen LogP contribution in [0.4, 0.5) is 0 Å². The van der Waals surface area contributed by atoms with Crippen LogP contribution in [0, 0.1) is 6.92 Å². The predicted octanol–water partition coefficient (Wildman–Crippen LogP) is 5.45. The standard InChI is InChI=1S/C26H30ClN3O3/c1-17-12-21-23(33-17)14-22-24(31)30(15-18-8-7-9-19(27)13-18)26(2,16-29(21)22)25(32)28-20-10-5-3-4-6-11-20/h7-9,12-14,20H,3-6,10-11,15-16H2,1-2H3,(H,28,32)/t26-/m1/s1. The van der Waals surface area contributed by atoms with Gasteiger partial charge in [0.25, 0.3) is 5.91 Å². The largest absolute Gasteiger partial charge is 0.460 e. The average Bonchev–Trinajstić information content (AvgIpc) is 3.16. The van der Waals surface area contributed by atoms with E-state index in [2.05, 4.69) is 5.32 Å². The molecule has 3 aromatic rings. The summed E-state index contributed by atoms with van der Waals surface area (Å²) in [4.78, 5) is 29.3. The highest BCUT2D eigenvalue weighted by Crippen LogP contribution is 2.35. The second kappa shape index (κ2) is 8.56. The molecule has 0 spiro atoms. The van der Waals surface area contributed by atoms with E-state index in [-0.39, 0.29) is 17.9 Å². The van der Waals surface area contributed by atoms with E-state index >= 15 is 0 Å². The second-order valence-corrected chi connectivity index (χ2v) is 10.1. The lowest BCUT2D eigenvalue weighted by atomic mass is 9.93. The Labute approximate surface area is 198 Å². The van der Waals surface area contributed by atoms with Crippen LogP contribution < -0.4 is 5.32 Å². The van der Waals surface area contributed by atoms with Crippen LogP contribution in [0.3, 0.4) is 0 Å². The van der Waals surface area contributed by atoms with Gasteiger partial charge in [0.15, 0.2) is 5.58 Å². The fourth-order valence-corrected chi connectivity index (χ4v) is 5.50. The SMILES string of the molecule is Cc1cc2c(cc3n2C[C@](C)(C(=O)NC2CCCCCC2)N(Cc2cccc(Cl)c2)C3=O)o1. The van der Waals surface area contributed by atoms with E-state index in [9.17, 15) is 9.59 Å². The fourth-order valence-electron chi connectivity index (χ4n) is 5.29. The summed E-state index contributed by atoms with van der Waals surface area (Å²) in [7, 11) is 0. The summed E-state index contributed by atoms with van der Waals surface area (Å²) < 4.78 is 7.73. The third-order valence-corrected chi connectivity index (χ3v) is 7.38. The zero-order valence-corrected chi connectivity index (χ0v) is 20.0. The topological polar surface area (TPSA) is 67.5 Å². The highest BCUT2D eigenvalue weighted by atomic mass is 35.5. The molecule has 7 heteroatoms. The number of rotatable bonds is 4. The van der Waals surface area contributed by atoms with Gasteiger partial charge in [-0.15, -0.1) is 0 Å². The summed E-state index contributed by atoms with van der Waals surface area (Å²) >= 11 is 6.21. The molecule has 1 aromatic carbocycles. The van der Waals surface area contributed by atoms with Gasteiger partial charge < -0.3 is 19.2 Å². The van der Waals surface area contributed by atoms with Gasteiger partial charge in [0.2, 0.25) is 5.91 Å². The summed E-state index contributed by atoms with van der Waals surface area (Å²) in [5.74, 6) is 0.509. The molecule has 0 bridgehead atoms. The Balaban J connectivity index is 1.53. The number of hydrogen-bond donors (Lipinski definition) is 1. The average molecular weight is 468 g/mol. The van der Waals surface area contributed by atoms with Crippen molar-refractivity contribution >= 4 is 34.5 Å². The Bertz CT molecular complexity index is 1200. The Morgan fingerprint density at radius 1 is 1.18 bits per heavy atom. The van der Waals surface area contributed by atoms with E-state index in [1.54, 1.807) is 11.0 Å². The zero-order valence-electron chi connectivity index (χ0n) is 19.2. The Hall–Kier alpha value is -2.73. The van der Waals surface area contributed by atoms with Crippen LogP contribution in [-0.2, 0) is 17.9 Å². The summed E-state index contributed by atoms with van der Waals surface area (Å²) in [5, 5.41) is 3.91. The van der Waals surface area contributed by atoms with Crippen LogP contribution in [0.2, 0.25) is 5.02 Å². The minimum absolute atomic E-state index is 0.0995. The molecule has 174 valence electrons. The number of carbonyl (C=O) groups excluding carboxylic acids is 2. The molecule has 1 N–H and O–H groups in total. The molecule has 0 unspecified atom stereocenters. The van der Waals surface area contributed by atoms with Crippen LogP contribution in [0.5, 0.6) is 0 Å². The molecule has 2 aromatic heterocycles. The molecular weight excluding hydrogens is 438 g/mol. The van der Waals surface area contributed by atoms with Crippen molar-refractivity contribution in [2.24, 2.45) is 0 Å². The van der Waals surface area contributed by atoms with E-state index in [0.717, 1.165) is 42.5 Å². The highest BCUT2D eigenvalue weighted by molar-refractivity contribution is 6.30. The van der Waals surface area contributed by atoms with Crippen molar-refractivity contribution in [3.05, 3.63) is 58.4 Å². The molecule has 0 saturated heterocycles. The zero-order chi connectivity index (χ0) is 23.2. The van der Waals surface area contributed by atoms with Crippen LogP contribution >= 0.6 is 11.6 Å². The molecule has 2 aliphatic rings. The van der Waals surface area contributed by atoms with E-state index in [4.69, 9.17) is 16.0 Å². The van der Waals surface area contributed by atoms with Gasteiger partial charge in [-0.3, -0.25) is 9.59 Å². The van der Waals surface area contributed by atoms with Gasteiger partial charge in [-0.1, -0.05) is 49.4 Å². The maximum absolute atomic E-state index is 13.8. The number of halogens is 1. The van der Waals surface area contributed by atoms with Gasteiger partial charge in [-0.05, 0) is 44.4 Å². The van der Waals surface area contributed by atoms with Crippen LogP contribution in [-0.4, -0.2) is 32.9 Å². The quantitative estimate of drug-likeness (QED) is 0.519. The number of amides is 2. The monoisotopic (exact) mass is 467 g/mol.